The standard InChI is InChI=1S/C21H17ClN2O4S2/c1-2-30(26,27)19-8-4-3-7-16(19)20(25)24(13-15-6-5-11-28-15)21-23-17-10-9-14(22)12-18(17)29-21/h3-12H,2,13H2,1H3. The van der Waals surface area contributed by atoms with Crippen LogP contribution in [-0.4, -0.2) is 25.1 Å². The lowest BCUT2D eigenvalue weighted by molar-refractivity contribution is 0.0980. The highest BCUT2D eigenvalue weighted by Crippen LogP contribution is 2.33. The number of carbonyl (C=O) groups excluding carboxylic acids is 1. The van der Waals surface area contributed by atoms with E-state index in [1.807, 2.05) is 0 Å². The summed E-state index contributed by atoms with van der Waals surface area (Å²) >= 11 is 7.39. The van der Waals surface area contributed by atoms with Crippen LogP contribution in [0.2, 0.25) is 5.02 Å². The number of benzene rings is 2. The second kappa shape index (κ2) is 8.22. The number of hydrogen-bond donors (Lipinski definition) is 0. The summed E-state index contributed by atoms with van der Waals surface area (Å²) in [6, 6.07) is 15.0. The quantitative estimate of drug-likeness (QED) is 0.396. The highest BCUT2D eigenvalue weighted by Gasteiger charge is 2.28. The summed E-state index contributed by atoms with van der Waals surface area (Å²) in [5, 5.41) is 0.998. The van der Waals surface area contributed by atoms with Gasteiger partial charge in [-0.1, -0.05) is 42.0 Å². The van der Waals surface area contributed by atoms with Gasteiger partial charge in [0.25, 0.3) is 5.91 Å². The smallest absolute Gasteiger partial charge is 0.261 e. The van der Waals surface area contributed by atoms with Gasteiger partial charge in [0.1, 0.15) is 5.76 Å². The number of sulfone groups is 1. The van der Waals surface area contributed by atoms with E-state index in [0.29, 0.717) is 21.4 Å². The predicted octanol–water partition coefficient (Wildman–Crippen LogP) is 5.18. The molecule has 0 atom stereocenters. The summed E-state index contributed by atoms with van der Waals surface area (Å²) in [4.78, 5) is 19.6. The van der Waals surface area contributed by atoms with Crippen molar-refractivity contribution < 1.29 is 17.6 Å². The van der Waals surface area contributed by atoms with Crippen LogP contribution in [0.15, 0.2) is 70.2 Å². The van der Waals surface area contributed by atoms with Crippen molar-refractivity contribution in [3.8, 4) is 0 Å². The molecule has 0 saturated heterocycles. The van der Waals surface area contributed by atoms with Gasteiger partial charge in [-0.25, -0.2) is 13.4 Å². The molecule has 2 aromatic carbocycles. The first kappa shape index (κ1) is 20.6. The van der Waals surface area contributed by atoms with E-state index in [1.165, 1.54) is 34.6 Å². The first-order valence-electron chi connectivity index (χ1n) is 9.11. The summed E-state index contributed by atoms with van der Waals surface area (Å²) in [7, 11) is -3.59. The fraction of sp³-hybridized carbons (Fsp3) is 0.143. The van der Waals surface area contributed by atoms with Crippen LogP contribution in [0.4, 0.5) is 5.13 Å². The average Bonchev–Trinajstić information content (AvgIpc) is 3.40. The van der Waals surface area contributed by atoms with Crippen LogP contribution in [0.25, 0.3) is 10.2 Å². The van der Waals surface area contributed by atoms with Gasteiger partial charge in [0.15, 0.2) is 15.0 Å². The van der Waals surface area contributed by atoms with Crippen molar-refractivity contribution in [2.24, 2.45) is 0 Å². The predicted molar refractivity (Wildman–Crippen MR) is 118 cm³/mol. The molecule has 0 spiro atoms. The molecule has 9 heteroatoms. The SMILES string of the molecule is CCS(=O)(=O)c1ccccc1C(=O)N(Cc1ccco1)c1nc2ccc(Cl)cc2s1. The summed E-state index contributed by atoms with van der Waals surface area (Å²) in [5.41, 5.74) is 0.800. The Morgan fingerprint density at radius 2 is 1.97 bits per heavy atom. The first-order chi connectivity index (χ1) is 14.4. The van der Waals surface area contributed by atoms with Gasteiger partial charge in [-0.3, -0.25) is 9.69 Å². The molecule has 154 valence electrons. The molecule has 4 aromatic rings. The Hall–Kier alpha value is -2.68. The summed E-state index contributed by atoms with van der Waals surface area (Å²) in [5.74, 6) is -0.0181. The molecule has 2 heterocycles. The van der Waals surface area contributed by atoms with Crippen LogP contribution < -0.4 is 4.90 Å². The molecule has 0 radical (unpaired) electrons. The number of furan rings is 1. The number of fused-ring (bicyclic) bond motifs is 1. The van der Waals surface area contributed by atoms with Crippen LogP contribution in [0.1, 0.15) is 23.0 Å². The van der Waals surface area contributed by atoms with Crippen LogP contribution >= 0.6 is 22.9 Å². The molecular weight excluding hydrogens is 444 g/mol. The van der Waals surface area contributed by atoms with Crippen molar-refractivity contribution >= 4 is 54.0 Å². The molecule has 2 aromatic heterocycles. The van der Waals surface area contributed by atoms with Gasteiger partial charge in [0.2, 0.25) is 0 Å². The number of amides is 1. The summed E-state index contributed by atoms with van der Waals surface area (Å²) in [6.45, 7) is 1.66. The van der Waals surface area contributed by atoms with Crippen molar-refractivity contribution in [1.29, 1.82) is 0 Å². The van der Waals surface area contributed by atoms with Gasteiger partial charge in [-0.15, -0.1) is 0 Å². The maximum absolute atomic E-state index is 13.6. The number of aromatic nitrogens is 1. The summed E-state index contributed by atoms with van der Waals surface area (Å²) < 4.78 is 31.4. The van der Waals surface area contributed by atoms with Gasteiger partial charge in [-0.2, -0.15) is 0 Å². The molecule has 1 amide bonds. The number of rotatable bonds is 6. The monoisotopic (exact) mass is 460 g/mol. The molecule has 0 aliphatic carbocycles. The van der Waals surface area contributed by atoms with Crippen LogP contribution in [-0.2, 0) is 16.4 Å². The number of thiazole rings is 1. The maximum Gasteiger partial charge on any atom is 0.261 e. The Bertz CT molecular complexity index is 1310. The van der Waals surface area contributed by atoms with E-state index in [1.54, 1.807) is 49.4 Å². The van der Waals surface area contributed by atoms with E-state index in [9.17, 15) is 13.2 Å². The number of carbonyl (C=O) groups is 1. The number of hydrogen-bond acceptors (Lipinski definition) is 6. The van der Waals surface area contributed by atoms with Crippen molar-refractivity contribution in [3.05, 3.63) is 77.2 Å². The fourth-order valence-electron chi connectivity index (χ4n) is 3.00. The van der Waals surface area contributed by atoms with Crippen molar-refractivity contribution in [2.75, 3.05) is 10.7 Å². The second-order valence-electron chi connectivity index (χ2n) is 6.48. The highest BCUT2D eigenvalue weighted by atomic mass is 35.5. The molecule has 0 fully saturated rings. The second-order valence-corrected chi connectivity index (χ2v) is 10.2. The fourth-order valence-corrected chi connectivity index (χ4v) is 5.33. The van der Waals surface area contributed by atoms with Crippen molar-refractivity contribution in [3.63, 3.8) is 0 Å². The molecule has 0 bridgehead atoms. The van der Waals surface area contributed by atoms with E-state index in [-0.39, 0.29) is 22.8 Å². The number of anilines is 1. The Kier molecular flexibility index (Phi) is 5.64. The van der Waals surface area contributed by atoms with Gasteiger partial charge in [0, 0.05) is 5.02 Å². The lowest BCUT2D eigenvalue weighted by Gasteiger charge is -2.20. The van der Waals surface area contributed by atoms with Crippen LogP contribution in [0, 0.1) is 0 Å². The van der Waals surface area contributed by atoms with E-state index in [0.717, 1.165) is 4.70 Å². The maximum atomic E-state index is 13.6. The van der Waals surface area contributed by atoms with Crippen molar-refractivity contribution in [2.45, 2.75) is 18.4 Å². The molecule has 4 rings (SSSR count). The average molecular weight is 461 g/mol. The largest absolute Gasteiger partial charge is 0.467 e. The summed E-state index contributed by atoms with van der Waals surface area (Å²) in [6.07, 6.45) is 1.52. The molecule has 0 aliphatic rings. The van der Waals surface area contributed by atoms with Crippen molar-refractivity contribution in [1.82, 2.24) is 4.98 Å². The third-order valence-electron chi connectivity index (χ3n) is 4.54. The molecule has 6 nitrogen and oxygen atoms in total. The number of halogens is 1. The van der Waals surface area contributed by atoms with Crippen LogP contribution in [0.5, 0.6) is 0 Å². The zero-order valence-electron chi connectivity index (χ0n) is 15.9. The van der Waals surface area contributed by atoms with Gasteiger partial charge in [0.05, 0.1) is 39.2 Å². The van der Waals surface area contributed by atoms with E-state index >= 15 is 0 Å². The molecular formula is C21H17ClN2O4S2. The zero-order chi connectivity index (χ0) is 21.3. The Morgan fingerprint density at radius 1 is 1.17 bits per heavy atom. The van der Waals surface area contributed by atoms with Crippen LogP contribution in [0.3, 0.4) is 0 Å². The first-order valence-corrected chi connectivity index (χ1v) is 12.0. The van der Waals surface area contributed by atoms with E-state index in [2.05, 4.69) is 4.98 Å². The normalized spacial score (nSPS) is 11.7. The lowest BCUT2D eigenvalue weighted by Crippen LogP contribution is -2.31. The molecule has 30 heavy (non-hydrogen) atoms. The third kappa shape index (κ3) is 3.98. The Labute approximate surface area is 182 Å². The van der Waals surface area contributed by atoms with Gasteiger partial charge < -0.3 is 4.42 Å². The lowest BCUT2D eigenvalue weighted by atomic mass is 10.2. The number of nitrogens with zero attached hydrogens (tertiary/aromatic N) is 2. The van der Waals surface area contributed by atoms with E-state index < -0.39 is 15.7 Å². The Balaban J connectivity index is 1.83. The van der Waals surface area contributed by atoms with E-state index in [4.69, 9.17) is 16.0 Å². The van der Waals surface area contributed by atoms with Gasteiger partial charge in [-0.05, 0) is 42.5 Å². The molecule has 0 N–H and O–H groups in total. The zero-order valence-corrected chi connectivity index (χ0v) is 18.3. The molecule has 0 aliphatic heterocycles. The third-order valence-corrected chi connectivity index (χ3v) is 7.60. The molecule has 0 saturated carbocycles. The highest BCUT2D eigenvalue weighted by molar-refractivity contribution is 7.91. The van der Waals surface area contributed by atoms with Gasteiger partial charge >= 0.3 is 0 Å². The minimum Gasteiger partial charge on any atom is -0.467 e. The Morgan fingerprint density at radius 3 is 2.70 bits per heavy atom. The minimum absolute atomic E-state index is 0.00565. The molecule has 0 unspecified atom stereocenters. The minimum atomic E-state index is -3.59. The topological polar surface area (TPSA) is 80.5 Å².